The molecule has 1 aromatic carbocycles. The molecule has 1 saturated carbocycles. The number of benzene rings is 1. The third-order valence-corrected chi connectivity index (χ3v) is 4.98. The molecule has 2 heteroatoms. The van der Waals surface area contributed by atoms with Gasteiger partial charge < -0.3 is 5.11 Å². The first-order valence-electron chi connectivity index (χ1n) is 8.30. The van der Waals surface area contributed by atoms with Crippen LogP contribution < -0.4 is 0 Å². The summed E-state index contributed by atoms with van der Waals surface area (Å²) in [5.74, 6) is 7.07. The van der Waals surface area contributed by atoms with Crippen molar-refractivity contribution in [1.29, 1.82) is 0 Å². The number of likely N-dealkylation sites (tertiary alicyclic amines) is 1. The topological polar surface area (TPSA) is 23.5 Å². The van der Waals surface area contributed by atoms with Crippen LogP contribution in [0.5, 0.6) is 0 Å². The van der Waals surface area contributed by atoms with Crippen molar-refractivity contribution < 1.29 is 5.11 Å². The Labute approximate surface area is 128 Å². The maximum absolute atomic E-state index is 10.2. The van der Waals surface area contributed by atoms with Gasteiger partial charge in [0.05, 0.1) is 12.6 Å². The number of piperidine rings is 1. The van der Waals surface area contributed by atoms with Crippen molar-refractivity contribution in [2.45, 2.75) is 50.7 Å². The van der Waals surface area contributed by atoms with Crippen molar-refractivity contribution in [3.63, 3.8) is 0 Å². The molecule has 1 N–H and O–H groups in total. The summed E-state index contributed by atoms with van der Waals surface area (Å²) < 4.78 is 0. The van der Waals surface area contributed by atoms with Crippen LogP contribution in [0.2, 0.25) is 0 Å². The summed E-state index contributed by atoms with van der Waals surface area (Å²) in [6, 6.07) is 10.7. The van der Waals surface area contributed by atoms with E-state index in [1.807, 2.05) is 18.2 Å². The van der Waals surface area contributed by atoms with Gasteiger partial charge >= 0.3 is 0 Å². The van der Waals surface area contributed by atoms with Crippen molar-refractivity contribution in [3.05, 3.63) is 35.9 Å². The number of rotatable bonds is 2. The van der Waals surface area contributed by atoms with Crippen LogP contribution in [0.15, 0.2) is 30.3 Å². The zero-order valence-electron chi connectivity index (χ0n) is 12.7. The number of hydrogen-bond acceptors (Lipinski definition) is 2. The monoisotopic (exact) mass is 283 g/mol. The van der Waals surface area contributed by atoms with E-state index < -0.39 is 0 Å². The van der Waals surface area contributed by atoms with E-state index in [1.54, 1.807) is 0 Å². The SMILES string of the molecule is OC1CCCC1C1CCCCN1CC#Cc1ccccc1. The fraction of sp³-hybridized carbons (Fsp3) is 0.579. The molecule has 3 rings (SSSR count). The fourth-order valence-corrected chi connectivity index (χ4v) is 3.88. The molecule has 1 saturated heterocycles. The molecule has 0 spiro atoms. The van der Waals surface area contributed by atoms with Gasteiger partial charge in [0.1, 0.15) is 0 Å². The van der Waals surface area contributed by atoms with Crippen LogP contribution in [-0.4, -0.2) is 35.2 Å². The highest BCUT2D eigenvalue weighted by molar-refractivity contribution is 5.33. The zero-order valence-corrected chi connectivity index (χ0v) is 12.7. The summed E-state index contributed by atoms with van der Waals surface area (Å²) in [6.07, 6.45) is 7.08. The maximum Gasteiger partial charge on any atom is 0.0607 e. The van der Waals surface area contributed by atoms with Crippen molar-refractivity contribution >= 4 is 0 Å². The molecule has 1 aliphatic carbocycles. The first-order chi connectivity index (χ1) is 10.3. The van der Waals surface area contributed by atoms with E-state index in [-0.39, 0.29) is 6.10 Å². The number of aliphatic hydroxyl groups is 1. The molecule has 112 valence electrons. The van der Waals surface area contributed by atoms with Gasteiger partial charge in [-0.05, 0) is 44.4 Å². The molecule has 1 aliphatic heterocycles. The standard InChI is InChI=1S/C19H25NO/c21-19-13-6-11-17(19)18-12-4-5-14-20(18)15-7-10-16-8-2-1-3-9-16/h1-3,8-9,17-19,21H,4-6,11-15H2. The largest absolute Gasteiger partial charge is 0.393 e. The van der Waals surface area contributed by atoms with Crippen LogP contribution in [0.4, 0.5) is 0 Å². The minimum atomic E-state index is -0.0855. The van der Waals surface area contributed by atoms with Crippen LogP contribution in [0, 0.1) is 17.8 Å². The molecule has 1 heterocycles. The predicted molar refractivity (Wildman–Crippen MR) is 85.9 cm³/mol. The second kappa shape index (κ2) is 7.11. The highest BCUT2D eigenvalue weighted by Gasteiger charge is 2.36. The van der Waals surface area contributed by atoms with E-state index in [9.17, 15) is 5.11 Å². The van der Waals surface area contributed by atoms with E-state index >= 15 is 0 Å². The van der Waals surface area contributed by atoms with Gasteiger partial charge in [-0.25, -0.2) is 0 Å². The lowest BCUT2D eigenvalue weighted by Crippen LogP contribution is -2.46. The summed E-state index contributed by atoms with van der Waals surface area (Å²) in [5, 5.41) is 10.2. The van der Waals surface area contributed by atoms with Crippen molar-refractivity contribution in [3.8, 4) is 11.8 Å². The zero-order chi connectivity index (χ0) is 14.5. The quantitative estimate of drug-likeness (QED) is 0.843. The summed E-state index contributed by atoms with van der Waals surface area (Å²) in [6.45, 7) is 1.97. The Morgan fingerprint density at radius 3 is 2.67 bits per heavy atom. The van der Waals surface area contributed by atoms with E-state index in [4.69, 9.17) is 0 Å². The van der Waals surface area contributed by atoms with Crippen LogP contribution in [-0.2, 0) is 0 Å². The summed E-state index contributed by atoms with van der Waals surface area (Å²) >= 11 is 0. The Hall–Kier alpha value is -1.30. The van der Waals surface area contributed by atoms with Gasteiger partial charge in [0.2, 0.25) is 0 Å². The lowest BCUT2D eigenvalue weighted by atomic mass is 9.88. The van der Waals surface area contributed by atoms with Gasteiger partial charge in [0.25, 0.3) is 0 Å². The third-order valence-electron chi connectivity index (χ3n) is 4.98. The van der Waals surface area contributed by atoms with Crippen molar-refractivity contribution in [2.24, 2.45) is 5.92 Å². The van der Waals surface area contributed by atoms with E-state index in [2.05, 4.69) is 28.9 Å². The average molecular weight is 283 g/mol. The molecule has 1 aromatic rings. The van der Waals surface area contributed by atoms with Crippen LogP contribution in [0.3, 0.4) is 0 Å². The Morgan fingerprint density at radius 1 is 1.05 bits per heavy atom. The second-order valence-electron chi connectivity index (χ2n) is 6.36. The second-order valence-corrected chi connectivity index (χ2v) is 6.36. The number of hydrogen-bond donors (Lipinski definition) is 1. The fourth-order valence-electron chi connectivity index (χ4n) is 3.88. The molecular formula is C19H25NO. The van der Waals surface area contributed by atoms with Crippen molar-refractivity contribution in [1.82, 2.24) is 4.90 Å². The molecule has 0 radical (unpaired) electrons. The molecule has 21 heavy (non-hydrogen) atoms. The Morgan fingerprint density at radius 2 is 1.90 bits per heavy atom. The Balaban J connectivity index is 1.63. The first kappa shape index (κ1) is 14.6. The van der Waals surface area contributed by atoms with Gasteiger partial charge in [0.15, 0.2) is 0 Å². The molecule has 0 bridgehead atoms. The summed E-state index contributed by atoms with van der Waals surface area (Å²) in [5.41, 5.74) is 1.09. The predicted octanol–water partition coefficient (Wildman–Crippen LogP) is 3.05. The highest BCUT2D eigenvalue weighted by Crippen LogP contribution is 2.34. The van der Waals surface area contributed by atoms with Crippen LogP contribution in [0.25, 0.3) is 0 Å². The normalized spacial score (nSPS) is 29.9. The summed E-state index contributed by atoms with van der Waals surface area (Å²) in [7, 11) is 0. The first-order valence-corrected chi connectivity index (χ1v) is 8.30. The molecule has 0 aromatic heterocycles. The maximum atomic E-state index is 10.2. The third kappa shape index (κ3) is 3.67. The Kier molecular flexibility index (Phi) is 4.95. The van der Waals surface area contributed by atoms with Gasteiger partial charge in [0, 0.05) is 17.5 Å². The molecule has 2 nitrogen and oxygen atoms in total. The lowest BCUT2D eigenvalue weighted by molar-refractivity contribution is 0.0427. The molecule has 0 amide bonds. The molecule has 3 atom stereocenters. The van der Waals surface area contributed by atoms with Crippen LogP contribution in [0.1, 0.15) is 44.1 Å². The molecule has 2 fully saturated rings. The Bertz CT molecular complexity index is 501. The summed E-state index contributed by atoms with van der Waals surface area (Å²) in [4.78, 5) is 2.51. The van der Waals surface area contributed by atoms with Crippen molar-refractivity contribution in [2.75, 3.05) is 13.1 Å². The van der Waals surface area contributed by atoms with Crippen LogP contribution >= 0.6 is 0 Å². The highest BCUT2D eigenvalue weighted by atomic mass is 16.3. The van der Waals surface area contributed by atoms with E-state index in [1.165, 1.54) is 32.1 Å². The average Bonchev–Trinajstić information content (AvgIpc) is 2.95. The number of aliphatic hydroxyl groups excluding tert-OH is 1. The van der Waals surface area contributed by atoms with Gasteiger partial charge in [-0.1, -0.05) is 42.9 Å². The van der Waals surface area contributed by atoms with Gasteiger partial charge in [-0.15, -0.1) is 0 Å². The van der Waals surface area contributed by atoms with Gasteiger partial charge in [-0.2, -0.15) is 0 Å². The van der Waals surface area contributed by atoms with E-state index in [0.29, 0.717) is 12.0 Å². The molecule has 2 aliphatic rings. The van der Waals surface area contributed by atoms with Gasteiger partial charge in [-0.3, -0.25) is 4.90 Å². The molecular weight excluding hydrogens is 258 g/mol. The number of nitrogens with zero attached hydrogens (tertiary/aromatic N) is 1. The minimum Gasteiger partial charge on any atom is -0.393 e. The smallest absolute Gasteiger partial charge is 0.0607 e. The minimum absolute atomic E-state index is 0.0855. The lowest BCUT2D eigenvalue weighted by Gasteiger charge is -2.39. The molecule has 3 unspecified atom stereocenters. The van der Waals surface area contributed by atoms with E-state index in [0.717, 1.165) is 25.1 Å².